The summed E-state index contributed by atoms with van der Waals surface area (Å²) in [6.45, 7) is 3.87. The van der Waals surface area contributed by atoms with E-state index in [1.54, 1.807) is 11.3 Å². The van der Waals surface area contributed by atoms with Crippen LogP contribution in [-0.4, -0.2) is 5.91 Å². The van der Waals surface area contributed by atoms with Crippen LogP contribution < -0.4 is 11.1 Å². The molecule has 1 aromatic heterocycles. The zero-order chi connectivity index (χ0) is 14.0. The van der Waals surface area contributed by atoms with Gasteiger partial charge in [-0.2, -0.15) is 0 Å². The van der Waals surface area contributed by atoms with Crippen molar-refractivity contribution in [3.8, 4) is 0 Å². The van der Waals surface area contributed by atoms with Crippen molar-refractivity contribution >= 4 is 22.9 Å². The van der Waals surface area contributed by atoms with Crippen molar-refractivity contribution in [1.82, 2.24) is 5.32 Å². The van der Waals surface area contributed by atoms with Crippen molar-refractivity contribution in [3.05, 3.63) is 51.5 Å². The number of thiophene rings is 1. The molecule has 19 heavy (non-hydrogen) atoms. The molecule has 0 aliphatic carbocycles. The predicted octanol–water partition coefficient (Wildman–Crippen LogP) is 3.27. The molecule has 1 heterocycles. The average Bonchev–Trinajstić information content (AvgIpc) is 2.79. The average molecular weight is 278 g/mol. The highest BCUT2D eigenvalue weighted by Crippen LogP contribution is 2.23. The molecule has 1 aromatic carbocycles. The second kappa shape index (κ2) is 5.40. The van der Waals surface area contributed by atoms with Crippen molar-refractivity contribution in [2.24, 2.45) is 0 Å². The number of aryl methyl sites for hydroxylation is 1. The summed E-state index contributed by atoms with van der Waals surface area (Å²) in [6, 6.07) is 7.76. The van der Waals surface area contributed by atoms with E-state index in [4.69, 9.17) is 5.73 Å². The standard InChI is InChI=1S/C14H15FN2OS/c1-8-3-6-13(19-8)9(2)17-14(18)11-7-10(16)4-5-12(11)15/h3-7,9H,16H2,1-2H3,(H,17,18). The molecule has 3 N–H and O–H groups in total. The Bertz CT molecular complexity index is 609. The van der Waals surface area contributed by atoms with Crippen molar-refractivity contribution in [3.63, 3.8) is 0 Å². The smallest absolute Gasteiger partial charge is 0.254 e. The van der Waals surface area contributed by atoms with Crippen molar-refractivity contribution < 1.29 is 9.18 Å². The maximum Gasteiger partial charge on any atom is 0.254 e. The molecule has 5 heteroatoms. The largest absolute Gasteiger partial charge is 0.399 e. The molecule has 2 rings (SSSR count). The number of hydrogen-bond donors (Lipinski definition) is 2. The summed E-state index contributed by atoms with van der Waals surface area (Å²) >= 11 is 1.61. The van der Waals surface area contributed by atoms with Gasteiger partial charge >= 0.3 is 0 Å². The van der Waals surface area contributed by atoms with Gasteiger partial charge in [-0.1, -0.05) is 0 Å². The van der Waals surface area contributed by atoms with E-state index in [0.717, 1.165) is 4.88 Å². The number of anilines is 1. The van der Waals surface area contributed by atoms with E-state index in [9.17, 15) is 9.18 Å². The zero-order valence-electron chi connectivity index (χ0n) is 10.7. The number of carbonyl (C=O) groups excluding carboxylic acids is 1. The molecule has 3 nitrogen and oxygen atoms in total. The number of hydrogen-bond acceptors (Lipinski definition) is 3. The highest BCUT2D eigenvalue weighted by molar-refractivity contribution is 7.12. The van der Waals surface area contributed by atoms with Gasteiger partial charge in [-0.15, -0.1) is 11.3 Å². The summed E-state index contributed by atoms with van der Waals surface area (Å²) in [5.41, 5.74) is 5.91. The van der Waals surface area contributed by atoms with Crippen LogP contribution in [0.5, 0.6) is 0 Å². The Morgan fingerprint density at radius 3 is 2.74 bits per heavy atom. The lowest BCUT2D eigenvalue weighted by atomic mass is 10.1. The first kappa shape index (κ1) is 13.5. The second-order valence-electron chi connectivity index (χ2n) is 4.38. The molecule has 0 saturated heterocycles. The second-order valence-corrected chi connectivity index (χ2v) is 5.70. The van der Waals surface area contributed by atoms with Gasteiger partial charge in [0.25, 0.3) is 5.91 Å². The highest BCUT2D eigenvalue weighted by atomic mass is 32.1. The van der Waals surface area contributed by atoms with Crippen LogP contribution in [0.4, 0.5) is 10.1 Å². The van der Waals surface area contributed by atoms with Crippen LogP contribution in [0.3, 0.4) is 0 Å². The van der Waals surface area contributed by atoms with Gasteiger partial charge < -0.3 is 11.1 Å². The molecular formula is C14H15FN2OS. The highest BCUT2D eigenvalue weighted by Gasteiger charge is 2.16. The third kappa shape index (κ3) is 3.12. The number of nitrogens with two attached hydrogens (primary N) is 1. The van der Waals surface area contributed by atoms with Crippen molar-refractivity contribution in [2.75, 3.05) is 5.73 Å². The summed E-state index contributed by atoms with van der Waals surface area (Å²) in [6.07, 6.45) is 0. The molecular weight excluding hydrogens is 263 g/mol. The monoisotopic (exact) mass is 278 g/mol. The summed E-state index contributed by atoms with van der Waals surface area (Å²) in [5.74, 6) is -1.02. The molecule has 0 aliphatic rings. The van der Waals surface area contributed by atoms with Crippen LogP contribution in [0.15, 0.2) is 30.3 Å². The Kier molecular flexibility index (Phi) is 3.85. The quantitative estimate of drug-likeness (QED) is 0.847. The lowest BCUT2D eigenvalue weighted by molar-refractivity contribution is 0.0936. The van der Waals surface area contributed by atoms with E-state index in [2.05, 4.69) is 5.32 Å². The molecule has 0 spiro atoms. The number of carbonyl (C=O) groups is 1. The van der Waals surface area contributed by atoms with Gasteiger partial charge in [0.1, 0.15) is 5.82 Å². The fourth-order valence-electron chi connectivity index (χ4n) is 1.75. The van der Waals surface area contributed by atoms with Crippen LogP contribution in [0, 0.1) is 12.7 Å². The van der Waals surface area contributed by atoms with Crippen molar-refractivity contribution in [2.45, 2.75) is 19.9 Å². The first-order valence-electron chi connectivity index (χ1n) is 5.89. The minimum absolute atomic E-state index is 0.0277. The zero-order valence-corrected chi connectivity index (χ0v) is 11.6. The number of halogens is 1. The molecule has 1 amide bonds. The predicted molar refractivity (Wildman–Crippen MR) is 75.7 cm³/mol. The van der Waals surface area contributed by atoms with Gasteiger partial charge in [-0.05, 0) is 44.2 Å². The minimum atomic E-state index is -0.568. The number of nitrogen functional groups attached to an aromatic ring is 1. The maximum absolute atomic E-state index is 13.6. The molecule has 0 aliphatic heterocycles. The lowest BCUT2D eigenvalue weighted by Gasteiger charge is -2.13. The van der Waals surface area contributed by atoms with E-state index in [0.29, 0.717) is 5.69 Å². The van der Waals surface area contributed by atoms with E-state index < -0.39 is 11.7 Å². The number of rotatable bonds is 3. The molecule has 2 aromatic rings. The first-order chi connectivity index (χ1) is 8.97. The third-order valence-electron chi connectivity index (χ3n) is 2.77. The van der Waals surface area contributed by atoms with E-state index in [1.807, 2.05) is 26.0 Å². The fourth-order valence-corrected chi connectivity index (χ4v) is 2.63. The molecule has 0 fully saturated rings. The fraction of sp³-hybridized carbons (Fsp3) is 0.214. The Morgan fingerprint density at radius 1 is 1.37 bits per heavy atom. The topological polar surface area (TPSA) is 55.1 Å². The SMILES string of the molecule is Cc1ccc(C(C)NC(=O)c2cc(N)ccc2F)s1. The number of amides is 1. The van der Waals surface area contributed by atoms with E-state index in [1.165, 1.54) is 23.1 Å². The van der Waals surface area contributed by atoms with Gasteiger partial charge in [0.2, 0.25) is 0 Å². The lowest BCUT2D eigenvalue weighted by Crippen LogP contribution is -2.27. The molecule has 0 saturated carbocycles. The van der Waals surface area contributed by atoms with Crippen molar-refractivity contribution in [1.29, 1.82) is 0 Å². The summed E-state index contributed by atoms with van der Waals surface area (Å²) in [7, 11) is 0. The summed E-state index contributed by atoms with van der Waals surface area (Å²) in [5, 5.41) is 2.77. The van der Waals surface area contributed by atoms with E-state index >= 15 is 0 Å². The van der Waals surface area contributed by atoms with Gasteiger partial charge in [0.15, 0.2) is 0 Å². The Morgan fingerprint density at radius 2 is 2.11 bits per heavy atom. The van der Waals surface area contributed by atoms with Crippen LogP contribution in [0.2, 0.25) is 0 Å². The van der Waals surface area contributed by atoms with E-state index in [-0.39, 0.29) is 11.6 Å². The Labute approximate surface area is 115 Å². The maximum atomic E-state index is 13.6. The van der Waals surface area contributed by atoms with Crippen LogP contribution in [0.1, 0.15) is 33.1 Å². The number of nitrogens with one attached hydrogen (secondary N) is 1. The third-order valence-corrected chi connectivity index (χ3v) is 3.95. The molecule has 1 atom stereocenters. The van der Waals surface area contributed by atoms with Crippen LogP contribution >= 0.6 is 11.3 Å². The van der Waals surface area contributed by atoms with Gasteiger partial charge in [0, 0.05) is 15.4 Å². The van der Waals surface area contributed by atoms with Crippen LogP contribution in [-0.2, 0) is 0 Å². The molecule has 100 valence electrons. The van der Waals surface area contributed by atoms with Crippen LogP contribution in [0.25, 0.3) is 0 Å². The first-order valence-corrected chi connectivity index (χ1v) is 6.71. The number of benzene rings is 1. The summed E-state index contributed by atoms with van der Waals surface area (Å²) < 4.78 is 13.6. The minimum Gasteiger partial charge on any atom is -0.399 e. The van der Waals surface area contributed by atoms with Gasteiger partial charge in [-0.25, -0.2) is 4.39 Å². The Balaban J connectivity index is 2.15. The molecule has 1 unspecified atom stereocenters. The van der Waals surface area contributed by atoms with Gasteiger partial charge in [0.05, 0.1) is 11.6 Å². The Hall–Kier alpha value is -1.88. The van der Waals surface area contributed by atoms with Gasteiger partial charge in [-0.3, -0.25) is 4.79 Å². The molecule has 0 radical (unpaired) electrons. The molecule has 0 bridgehead atoms. The normalized spacial score (nSPS) is 12.2. The summed E-state index contributed by atoms with van der Waals surface area (Å²) in [4.78, 5) is 14.2.